The number of carbonyl (C=O) groups excluding carboxylic acids is 1. The number of rotatable bonds is 8. The van der Waals surface area contributed by atoms with Crippen LogP contribution in [0.1, 0.15) is 45.2 Å². The smallest absolute Gasteiger partial charge is 0.360 e. The highest BCUT2D eigenvalue weighted by Crippen LogP contribution is 2.41. The van der Waals surface area contributed by atoms with Crippen molar-refractivity contribution in [3.8, 4) is 17.2 Å². The molecule has 0 spiro atoms. The van der Waals surface area contributed by atoms with E-state index in [0.29, 0.717) is 12.0 Å². The second kappa shape index (κ2) is 10.6. The van der Waals surface area contributed by atoms with E-state index in [2.05, 4.69) is 46.3 Å². The van der Waals surface area contributed by atoms with Gasteiger partial charge in [-0.3, -0.25) is 4.90 Å². The summed E-state index contributed by atoms with van der Waals surface area (Å²) < 4.78 is 15.8. The third kappa shape index (κ3) is 4.70. The van der Waals surface area contributed by atoms with Crippen LogP contribution >= 0.6 is 0 Å². The molecule has 0 saturated heterocycles. The van der Waals surface area contributed by atoms with Gasteiger partial charge in [0, 0.05) is 12.7 Å². The van der Waals surface area contributed by atoms with E-state index in [-0.39, 0.29) is 17.5 Å². The molecule has 0 aliphatic carbocycles. The van der Waals surface area contributed by atoms with Gasteiger partial charge in [-0.1, -0.05) is 30.3 Å². The lowest BCUT2D eigenvalue weighted by Gasteiger charge is -2.38. The molecule has 3 aromatic rings. The van der Waals surface area contributed by atoms with Crippen molar-refractivity contribution in [3.63, 3.8) is 0 Å². The van der Waals surface area contributed by atoms with Crippen LogP contribution in [0, 0.1) is 0 Å². The highest BCUT2D eigenvalue weighted by molar-refractivity contribution is 5.90. The first-order valence-electron chi connectivity index (χ1n) is 11.4. The zero-order valence-corrected chi connectivity index (χ0v) is 19.8. The molecule has 2 aromatic carbocycles. The van der Waals surface area contributed by atoms with Gasteiger partial charge in [0.15, 0.2) is 22.9 Å². The SMILES string of the molecule is COC(=O)c1nccc(CCCN2CCc3cc(OC)c(OC)cc3C2c2ccccc2)c1O. The minimum Gasteiger partial charge on any atom is -0.505 e. The van der Waals surface area contributed by atoms with Crippen molar-refractivity contribution in [2.24, 2.45) is 0 Å². The molecule has 0 fully saturated rings. The molecule has 1 aliphatic heterocycles. The van der Waals surface area contributed by atoms with E-state index in [1.54, 1.807) is 20.3 Å². The topological polar surface area (TPSA) is 81.1 Å². The Morgan fingerprint density at radius 2 is 1.82 bits per heavy atom. The Hall–Kier alpha value is -3.58. The van der Waals surface area contributed by atoms with E-state index < -0.39 is 5.97 Å². The second-order valence-corrected chi connectivity index (χ2v) is 8.27. The first kappa shape index (κ1) is 23.6. The number of aryl methyl sites for hydroxylation is 1. The molecule has 178 valence electrons. The summed E-state index contributed by atoms with van der Waals surface area (Å²) in [6, 6.07) is 16.5. The number of aromatic nitrogens is 1. The molecule has 1 atom stereocenters. The Kier molecular flexibility index (Phi) is 7.33. The number of nitrogens with zero attached hydrogens (tertiary/aromatic N) is 2. The number of methoxy groups -OCH3 is 3. The summed E-state index contributed by atoms with van der Waals surface area (Å²) in [7, 11) is 4.60. The van der Waals surface area contributed by atoms with Crippen molar-refractivity contribution in [2.45, 2.75) is 25.3 Å². The van der Waals surface area contributed by atoms with Gasteiger partial charge >= 0.3 is 5.97 Å². The summed E-state index contributed by atoms with van der Waals surface area (Å²) >= 11 is 0. The Labute approximate surface area is 199 Å². The normalized spacial score (nSPS) is 15.4. The summed E-state index contributed by atoms with van der Waals surface area (Å²) in [6.45, 7) is 1.72. The fourth-order valence-corrected chi connectivity index (χ4v) is 4.68. The molecule has 7 heteroatoms. The molecule has 4 rings (SSSR count). The van der Waals surface area contributed by atoms with Crippen LogP contribution in [0.25, 0.3) is 0 Å². The lowest BCUT2D eigenvalue weighted by Crippen LogP contribution is -2.37. The van der Waals surface area contributed by atoms with Crippen LogP contribution in [0.15, 0.2) is 54.7 Å². The van der Waals surface area contributed by atoms with Crippen LogP contribution in [0.3, 0.4) is 0 Å². The second-order valence-electron chi connectivity index (χ2n) is 8.27. The summed E-state index contributed by atoms with van der Waals surface area (Å²) in [6.07, 6.45) is 3.87. The molecule has 1 unspecified atom stereocenters. The van der Waals surface area contributed by atoms with Crippen LogP contribution in [0.4, 0.5) is 0 Å². The Bertz CT molecular complexity index is 1150. The fraction of sp³-hybridized carbons (Fsp3) is 0.333. The van der Waals surface area contributed by atoms with Gasteiger partial charge in [-0.2, -0.15) is 0 Å². The minimum atomic E-state index is -0.638. The van der Waals surface area contributed by atoms with Crippen molar-refractivity contribution < 1.29 is 24.1 Å². The third-order valence-corrected chi connectivity index (χ3v) is 6.37. The average Bonchev–Trinajstić information content (AvgIpc) is 2.88. The maximum absolute atomic E-state index is 11.9. The Morgan fingerprint density at radius 1 is 1.09 bits per heavy atom. The molecule has 0 saturated carbocycles. The Balaban J connectivity index is 1.58. The number of esters is 1. The zero-order valence-electron chi connectivity index (χ0n) is 19.8. The maximum atomic E-state index is 11.9. The van der Waals surface area contributed by atoms with Crippen LogP contribution in [0.5, 0.6) is 17.2 Å². The number of benzene rings is 2. The lowest BCUT2D eigenvalue weighted by atomic mass is 9.87. The number of ether oxygens (including phenoxy) is 3. The highest BCUT2D eigenvalue weighted by atomic mass is 16.5. The maximum Gasteiger partial charge on any atom is 0.360 e. The number of aromatic hydroxyl groups is 1. The number of hydrogen-bond donors (Lipinski definition) is 1. The van der Waals surface area contributed by atoms with Crippen LogP contribution < -0.4 is 9.47 Å². The first-order valence-corrected chi connectivity index (χ1v) is 11.4. The molecule has 0 bridgehead atoms. The van der Waals surface area contributed by atoms with E-state index in [1.807, 2.05) is 6.07 Å². The monoisotopic (exact) mass is 462 g/mol. The summed E-state index contributed by atoms with van der Waals surface area (Å²) in [5.41, 5.74) is 4.34. The standard InChI is InChI=1S/C27H30N2O5/c1-32-22-16-20-12-15-29(14-7-10-19-11-13-28-24(26(19)30)27(31)34-3)25(18-8-5-4-6-9-18)21(20)17-23(22)33-2/h4-6,8-9,11,13,16-17,25,30H,7,10,12,14-15H2,1-3H3. The van der Waals surface area contributed by atoms with Gasteiger partial charge in [0.05, 0.1) is 27.4 Å². The van der Waals surface area contributed by atoms with E-state index in [4.69, 9.17) is 14.2 Å². The summed E-state index contributed by atoms with van der Waals surface area (Å²) in [5, 5.41) is 10.5. The molecular weight excluding hydrogens is 432 g/mol. The van der Waals surface area contributed by atoms with Gasteiger partial charge in [0.25, 0.3) is 0 Å². The summed E-state index contributed by atoms with van der Waals surface area (Å²) in [5.74, 6) is 0.729. The van der Waals surface area contributed by atoms with Crippen LogP contribution in [-0.4, -0.2) is 55.4 Å². The minimum absolute atomic E-state index is 0.0462. The van der Waals surface area contributed by atoms with E-state index in [9.17, 15) is 9.90 Å². The molecule has 34 heavy (non-hydrogen) atoms. The van der Waals surface area contributed by atoms with Crippen molar-refractivity contribution in [3.05, 3.63) is 82.7 Å². The molecule has 1 aliphatic rings. The average molecular weight is 463 g/mol. The van der Waals surface area contributed by atoms with Gasteiger partial charge in [-0.05, 0) is 66.3 Å². The number of carbonyl (C=O) groups is 1. The van der Waals surface area contributed by atoms with E-state index in [1.165, 1.54) is 30.0 Å². The quantitative estimate of drug-likeness (QED) is 0.503. The zero-order chi connectivity index (χ0) is 24.1. The van der Waals surface area contributed by atoms with Gasteiger partial charge in [-0.15, -0.1) is 0 Å². The van der Waals surface area contributed by atoms with Crippen molar-refractivity contribution >= 4 is 5.97 Å². The molecule has 0 radical (unpaired) electrons. The molecule has 1 N–H and O–H groups in total. The lowest BCUT2D eigenvalue weighted by molar-refractivity contribution is 0.0590. The molecule has 2 heterocycles. The highest BCUT2D eigenvalue weighted by Gasteiger charge is 2.30. The van der Waals surface area contributed by atoms with Crippen molar-refractivity contribution in [2.75, 3.05) is 34.4 Å². The van der Waals surface area contributed by atoms with Crippen LogP contribution in [0.2, 0.25) is 0 Å². The molecular formula is C27H30N2O5. The summed E-state index contributed by atoms with van der Waals surface area (Å²) in [4.78, 5) is 18.3. The first-order chi connectivity index (χ1) is 16.6. The van der Waals surface area contributed by atoms with Gasteiger partial charge in [-0.25, -0.2) is 9.78 Å². The largest absolute Gasteiger partial charge is 0.505 e. The van der Waals surface area contributed by atoms with E-state index >= 15 is 0 Å². The van der Waals surface area contributed by atoms with Gasteiger partial charge in [0.1, 0.15) is 0 Å². The molecule has 1 aromatic heterocycles. The predicted molar refractivity (Wildman–Crippen MR) is 129 cm³/mol. The number of hydrogen-bond acceptors (Lipinski definition) is 7. The predicted octanol–water partition coefficient (Wildman–Crippen LogP) is 4.17. The van der Waals surface area contributed by atoms with Crippen LogP contribution in [-0.2, 0) is 17.6 Å². The van der Waals surface area contributed by atoms with Crippen molar-refractivity contribution in [1.29, 1.82) is 0 Å². The molecule has 0 amide bonds. The van der Waals surface area contributed by atoms with Gasteiger partial charge < -0.3 is 19.3 Å². The number of pyridine rings is 1. The fourth-order valence-electron chi connectivity index (χ4n) is 4.68. The molecule has 7 nitrogen and oxygen atoms in total. The van der Waals surface area contributed by atoms with Gasteiger partial charge in [0.2, 0.25) is 0 Å². The third-order valence-electron chi connectivity index (χ3n) is 6.37. The Morgan fingerprint density at radius 3 is 2.53 bits per heavy atom. The van der Waals surface area contributed by atoms with Crippen molar-refractivity contribution in [1.82, 2.24) is 9.88 Å². The number of fused-ring (bicyclic) bond motifs is 1. The van der Waals surface area contributed by atoms with E-state index in [0.717, 1.165) is 37.4 Å².